The molecule has 2 heterocycles. The summed E-state index contributed by atoms with van der Waals surface area (Å²) in [5.74, 6) is 0.313. The van der Waals surface area contributed by atoms with Crippen LogP contribution in [0.15, 0.2) is 29.0 Å². The van der Waals surface area contributed by atoms with Gasteiger partial charge >= 0.3 is 0 Å². The summed E-state index contributed by atoms with van der Waals surface area (Å²) >= 11 is 3.47. The number of nitrogens with zero attached hydrogens (tertiary/aromatic N) is 2. The summed E-state index contributed by atoms with van der Waals surface area (Å²) in [5, 5.41) is 13.1. The van der Waals surface area contributed by atoms with Crippen LogP contribution in [0.1, 0.15) is 26.0 Å². The Hall–Kier alpha value is -0.910. The van der Waals surface area contributed by atoms with E-state index in [0.29, 0.717) is 5.92 Å². The van der Waals surface area contributed by atoms with Gasteiger partial charge in [0.2, 0.25) is 0 Å². The molecule has 19 heavy (non-hydrogen) atoms. The molecule has 5 heteroatoms. The minimum Gasteiger partial charge on any atom is -0.393 e. The van der Waals surface area contributed by atoms with Crippen LogP contribution >= 0.6 is 15.9 Å². The van der Waals surface area contributed by atoms with E-state index < -0.39 is 0 Å². The van der Waals surface area contributed by atoms with Gasteiger partial charge in [0, 0.05) is 17.2 Å². The highest BCUT2D eigenvalue weighted by Crippen LogP contribution is 2.13. The van der Waals surface area contributed by atoms with E-state index in [1.165, 1.54) is 0 Å². The Kier molecular flexibility index (Phi) is 4.96. The summed E-state index contributed by atoms with van der Waals surface area (Å²) in [6.45, 7) is 5.63. The highest BCUT2D eigenvalue weighted by Gasteiger charge is 2.08. The highest BCUT2D eigenvalue weighted by molar-refractivity contribution is 9.10. The van der Waals surface area contributed by atoms with Crippen LogP contribution < -0.4 is 5.32 Å². The third-order valence-corrected chi connectivity index (χ3v) is 3.71. The van der Waals surface area contributed by atoms with E-state index >= 15 is 0 Å². The number of imidazole rings is 1. The number of rotatable bonds is 6. The Bertz CT molecular complexity index is 538. The number of hydrogen-bond acceptors (Lipinski definition) is 3. The van der Waals surface area contributed by atoms with Gasteiger partial charge in [0.25, 0.3) is 0 Å². The molecule has 0 fully saturated rings. The molecular formula is C14H20BrN3O. The Morgan fingerprint density at radius 3 is 2.95 bits per heavy atom. The molecule has 0 bridgehead atoms. The van der Waals surface area contributed by atoms with Crippen molar-refractivity contribution in [2.75, 3.05) is 6.54 Å². The first-order valence-corrected chi connectivity index (χ1v) is 7.37. The van der Waals surface area contributed by atoms with Crippen molar-refractivity contribution in [2.45, 2.75) is 32.9 Å². The van der Waals surface area contributed by atoms with Crippen LogP contribution in [0, 0.1) is 5.92 Å². The normalized spacial score (nSPS) is 13.3. The number of halogens is 1. The molecule has 0 spiro atoms. The van der Waals surface area contributed by atoms with Gasteiger partial charge in [0.1, 0.15) is 5.65 Å². The number of pyridine rings is 1. The molecule has 1 atom stereocenters. The molecule has 0 aliphatic rings. The van der Waals surface area contributed by atoms with Gasteiger partial charge < -0.3 is 14.8 Å². The van der Waals surface area contributed by atoms with Gasteiger partial charge in [0.05, 0.1) is 18.0 Å². The lowest BCUT2D eigenvalue weighted by atomic mass is 10.0. The number of aliphatic hydroxyl groups is 1. The molecule has 2 aromatic rings. The number of fused-ring (bicyclic) bond motifs is 1. The first-order valence-electron chi connectivity index (χ1n) is 6.58. The molecule has 0 aliphatic heterocycles. The van der Waals surface area contributed by atoms with Crippen molar-refractivity contribution >= 4 is 21.6 Å². The fraction of sp³-hybridized carbons (Fsp3) is 0.500. The van der Waals surface area contributed by atoms with E-state index in [9.17, 15) is 5.11 Å². The number of aromatic nitrogens is 2. The Morgan fingerprint density at radius 1 is 1.42 bits per heavy atom. The molecule has 2 N–H and O–H groups in total. The average Bonchev–Trinajstić information content (AvgIpc) is 2.76. The lowest BCUT2D eigenvalue weighted by molar-refractivity contribution is 0.116. The van der Waals surface area contributed by atoms with Crippen molar-refractivity contribution in [2.24, 2.45) is 5.92 Å². The Balaban J connectivity index is 1.90. The second kappa shape index (κ2) is 6.50. The van der Waals surface area contributed by atoms with Gasteiger partial charge in [-0.15, -0.1) is 0 Å². The van der Waals surface area contributed by atoms with Crippen molar-refractivity contribution in [1.29, 1.82) is 0 Å². The summed E-state index contributed by atoms with van der Waals surface area (Å²) in [5.41, 5.74) is 2.07. The molecule has 0 saturated heterocycles. The van der Waals surface area contributed by atoms with Crippen molar-refractivity contribution in [3.63, 3.8) is 0 Å². The lowest BCUT2D eigenvalue weighted by Crippen LogP contribution is -2.23. The first kappa shape index (κ1) is 14.5. The van der Waals surface area contributed by atoms with Gasteiger partial charge in [-0.25, -0.2) is 4.98 Å². The maximum atomic E-state index is 9.73. The second-order valence-corrected chi connectivity index (χ2v) is 6.02. The highest BCUT2D eigenvalue weighted by atomic mass is 79.9. The maximum absolute atomic E-state index is 9.73. The van der Waals surface area contributed by atoms with E-state index in [0.717, 1.165) is 35.3 Å². The van der Waals surface area contributed by atoms with E-state index in [4.69, 9.17) is 0 Å². The summed E-state index contributed by atoms with van der Waals surface area (Å²) < 4.78 is 3.10. The summed E-state index contributed by atoms with van der Waals surface area (Å²) in [6.07, 6.45) is 4.44. The molecule has 0 aromatic carbocycles. The fourth-order valence-corrected chi connectivity index (χ4v) is 2.27. The molecule has 2 rings (SSSR count). The second-order valence-electron chi connectivity index (χ2n) is 5.10. The Labute approximate surface area is 122 Å². The van der Waals surface area contributed by atoms with Gasteiger partial charge in [-0.2, -0.15) is 0 Å². The predicted octanol–water partition coefficient (Wildman–Crippen LogP) is 2.59. The topological polar surface area (TPSA) is 49.6 Å². The summed E-state index contributed by atoms with van der Waals surface area (Å²) in [7, 11) is 0. The van der Waals surface area contributed by atoms with E-state index in [2.05, 4.69) is 30.6 Å². The van der Waals surface area contributed by atoms with Crippen molar-refractivity contribution < 1.29 is 5.11 Å². The van der Waals surface area contributed by atoms with Crippen LogP contribution in [0.25, 0.3) is 5.65 Å². The molecule has 0 radical (unpaired) electrons. The van der Waals surface area contributed by atoms with Crippen LogP contribution in [-0.4, -0.2) is 27.1 Å². The molecule has 0 aliphatic carbocycles. The van der Waals surface area contributed by atoms with E-state index in [1.807, 2.05) is 38.4 Å². The van der Waals surface area contributed by atoms with Crippen LogP contribution in [0.4, 0.5) is 0 Å². The zero-order valence-corrected chi connectivity index (χ0v) is 12.9. The first-order chi connectivity index (χ1) is 9.08. The van der Waals surface area contributed by atoms with Crippen LogP contribution in [0.3, 0.4) is 0 Å². The standard InChI is InChI=1S/C14H20BrN3O/c1-10(2)13(19)5-6-16-7-12-8-17-14-4-3-11(15)9-18(12)14/h3-4,8-10,13,16,19H,5-7H2,1-2H3. The SMILES string of the molecule is CC(C)C(O)CCNCc1cnc2ccc(Br)cn12. The van der Waals surface area contributed by atoms with Crippen molar-refractivity contribution in [3.8, 4) is 0 Å². The molecular weight excluding hydrogens is 306 g/mol. The monoisotopic (exact) mass is 325 g/mol. The van der Waals surface area contributed by atoms with Gasteiger partial charge in [0.15, 0.2) is 0 Å². The molecule has 104 valence electrons. The zero-order valence-electron chi connectivity index (χ0n) is 11.3. The predicted molar refractivity (Wildman–Crippen MR) is 80.1 cm³/mol. The van der Waals surface area contributed by atoms with E-state index in [1.54, 1.807) is 0 Å². The van der Waals surface area contributed by atoms with Gasteiger partial charge in [-0.3, -0.25) is 0 Å². The number of aliphatic hydroxyl groups excluding tert-OH is 1. The molecule has 2 aromatic heterocycles. The van der Waals surface area contributed by atoms with Crippen molar-refractivity contribution in [3.05, 3.63) is 34.7 Å². The van der Waals surface area contributed by atoms with Gasteiger partial charge in [-0.05, 0) is 46.9 Å². The Morgan fingerprint density at radius 2 is 2.21 bits per heavy atom. The zero-order chi connectivity index (χ0) is 13.8. The molecule has 0 saturated carbocycles. The number of nitrogens with one attached hydrogen (secondary N) is 1. The van der Waals surface area contributed by atoms with Crippen LogP contribution in [0.2, 0.25) is 0 Å². The average molecular weight is 326 g/mol. The molecule has 0 amide bonds. The third kappa shape index (κ3) is 3.78. The van der Waals surface area contributed by atoms with Crippen LogP contribution in [0.5, 0.6) is 0 Å². The minimum absolute atomic E-state index is 0.233. The third-order valence-electron chi connectivity index (χ3n) is 3.24. The quantitative estimate of drug-likeness (QED) is 0.802. The van der Waals surface area contributed by atoms with E-state index in [-0.39, 0.29) is 6.10 Å². The fourth-order valence-electron chi connectivity index (χ4n) is 1.94. The molecule has 4 nitrogen and oxygen atoms in total. The summed E-state index contributed by atoms with van der Waals surface area (Å²) in [6, 6.07) is 3.97. The molecule has 1 unspecified atom stereocenters. The largest absolute Gasteiger partial charge is 0.393 e. The maximum Gasteiger partial charge on any atom is 0.136 e. The van der Waals surface area contributed by atoms with Crippen LogP contribution in [-0.2, 0) is 6.54 Å². The van der Waals surface area contributed by atoms with Gasteiger partial charge in [-0.1, -0.05) is 13.8 Å². The number of hydrogen-bond donors (Lipinski definition) is 2. The minimum atomic E-state index is -0.233. The smallest absolute Gasteiger partial charge is 0.136 e. The summed E-state index contributed by atoms with van der Waals surface area (Å²) in [4.78, 5) is 4.35. The lowest BCUT2D eigenvalue weighted by Gasteiger charge is -2.14. The van der Waals surface area contributed by atoms with Crippen molar-refractivity contribution in [1.82, 2.24) is 14.7 Å².